The highest BCUT2D eigenvalue weighted by atomic mass is 28.3. The smallest absolute Gasteiger partial charge is 0.137 e. The Morgan fingerprint density at radius 1 is 1.31 bits per heavy atom. The van der Waals surface area contributed by atoms with Gasteiger partial charge in [-0.15, -0.1) is 0 Å². The number of ether oxygens (including phenoxy) is 2. The van der Waals surface area contributed by atoms with E-state index in [2.05, 4.69) is 13.8 Å². The lowest BCUT2D eigenvalue weighted by molar-refractivity contribution is -0.0476. The van der Waals surface area contributed by atoms with E-state index in [0.29, 0.717) is 5.92 Å². The fourth-order valence-corrected chi connectivity index (χ4v) is 4.50. The highest BCUT2D eigenvalue weighted by Crippen LogP contribution is 2.14. The van der Waals surface area contributed by atoms with Crippen molar-refractivity contribution in [1.29, 1.82) is 0 Å². The molecule has 0 saturated carbocycles. The molecule has 0 aliphatic carbocycles. The third-order valence-electron chi connectivity index (χ3n) is 2.48. The molecule has 0 fully saturated rings. The molecule has 0 aromatic heterocycles. The van der Waals surface area contributed by atoms with Crippen LogP contribution in [0.3, 0.4) is 0 Å². The van der Waals surface area contributed by atoms with Gasteiger partial charge in [0.25, 0.3) is 0 Å². The summed E-state index contributed by atoms with van der Waals surface area (Å²) in [7, 11) is 2.51. The lowest BCUT2D eigenvalue weighted by atomic mass is 10.2. The van der Waals surface area contributed by atoms with Crippen molar-refractivity contribution < 1.29 is 9.47 Å². The molecule has 0 heterocycles. The van der Waals surface area contributed by atoms with Crippen molar-refractivity contribution in [1.82, 2.24) is 0 Å². The molecule has 0 rings (SSSR count). The summed E-state index contributed by atoms with van der Waals surface area (Å²) in [5, 5.41) is 0. The van der Waals surface area contributed by atoms with Crippen LogP contribution in [0.25, 0.3) is 0 Å². The van der Waals surface area contributed by atoms with Crippen LogP contribution in [-0.2, 0) is 9.47 Å². The van der Waals surface area contributed by atoms with Gasteiger partial charge in [-0.2, -0.15) is 0 Å². The van der Waals surface area contributed by atoms with Crippen LogP contribution >= 0.6 is 0 Å². The third-order valence-corrected chi connectivity index (χ3v) is 6.25. The van der Waals surface area contributed by atoms with E-state index in [1.807, 2.05) is 0 Å². The normalized spacial score (nSPS) is 16.2. The molecule has 0 aromatic rings. The van der Waals surface area contributed by atoms with E-state index >= 15 is 0 Å². The van der Waals surface area contributed by atoms with E-state index in [1.54, 1.807) is 14.2 Å². The highest BCUT2D eigenvalue weighted by molar-refractivity contribution is 6.59. The SMILES string of the molecule is CC[SiH](CC(C)CN)C(OC)OC. The van der Waals surface area contributed by atoms with Gasteiger partial charge in [0.15, 0.2) is 0 Å². The Morgan fingerprint density at radius 3 is 2.15 bits per heavy atom. The predicted octanol–water partition coefficient (Wildman–Crippen LogP) is 0.986. The van der Waals surface area contributed by atoms with Crippen molar-refractivity contribution in [2.45, 2.75) is 31.8 Å². The van der Waals surface area contributed by atoms with Gasteiger partial charge in [0.1, 0.15) is 14.7 Å². The minimum Gasteiger partial charge on any atom is -0.360 e. The summed E-state index contributed by atoms with van der Waals surface area (Å²) in [5.74, 6) is 0.656. The fraction of sp³-hybridized carbons (Fsp3) is 1.00. The zero-order valence-corrected chi connectivity index (χ0v) is 10.4. The molecule has 0 amide bonds. The Kier molecular flexibility index (Phi) is 7.55. The Bertz CT molecular complexity index is 120. The molecular weight excluding hydrogens is 182 g/mol. The molecule has 2 N–H and O–H groups in total. The van der Waals surface area contributed by atoms with Gasteiger partial charge >= 0.3 is 0 Å². The monoisotopic (exact) mass is 205 g/mol. The van der Waals surface area contributed by atoms with Crippen LogP contribution in [0.5, 0.6) is 0 Å². The summed E-state index contributed by atoms with van der Waals surface area (Å²) in [6, 6.07) is 2.41. The number of methoxy groups -OCH3 is 2. The van der Waals surface area contributed by atoms with Gasteiger partial charge < -0.3 is 15.2 Å². The molecule has 13 heavy (non-hydrogen) atoms. The maximum atomic E-state index is 5.60. The van der Waals surface area contributed by atoms with Crippen molar-refractivity contribution in [3.8, 4) is 0 Å². The first kappa shape index (κ1) is 13.1. The summed E-state index contributed by atoms with van der Waals surface area (Å²) in [6.07, 6.45) is 0. The van der Waals surface area contributed by atoms with E-state index in [4.69, 9.17) is 15.2 Å². The molecular formula is C9H23NO2Si. The zero-order valence-electron chi connectivity index (χ0n) is 9.25. The molecule has 2 atom stereocenters. The zero-order chi connectivity index (χ0) is 10.3. The van der Waals surface area contributed by atoms with E-state index in [0.717, 1.165) is 6.54 Å². The standard InChI is InChI=1S/C9H23NO2Si/c1-5-13(7-8(2)6-10)9(11-3)12-4/h8-9,13H,5-7,10H2,1-4H3. The summed E-state index contributed by atoms with van der Waals surface area (Å²) in [4.78, 5) is 0. The molecule has 0 bridgehead atoms. The quantitative estimate of drug-likeness (QED) is 0.498. The largest absolute Gasteiger partial charge is 0.360 e. The van der Waals surface area contributed by atoms with Gasteiger partial charge in [0.05, 0.1) is 0 Å². The van der Waals surface area contributed by atoms with Crippen LogP contribution in [0.15, 0.2) is 0 Å². The van der Waals surface area contributed by atoms with E-state index < -0.39 is 8.80 Å². The maximum absolute atomic E-state index is 5.60. The van der Waals surface area contributed by atoms with Crippen LogP contribution in [-0.4, -0.2) is 35.5 Å². The second-order valence-corrected chi connectivity index (χ2v) is 6.94. The molecule has 2 unspecified atom stereocenters. The molecule has 4 heteroatoms. The first-order valence-corrected chi connectivity index (χ1v) is 7.25. The topological polar surface area (TPSA) is 44.5 Å². The van der Waals surface area contributed by atoms with Crippen molar-refractivity contribution in [2.75, 3.05) is 20.8 Å². The van der Waals surface area contributed by atoms with Crippen molar-refractivity contribution >= 4 is 8.80 Å². The first-order chi connectivity index (χ1) is 6.19. The summed E-state index contributed by atoms with van der Waals surface area (Å²) in [6.45, 7) is 5.17. The van der Waals surface area contributed by atoms with Crippen LogP contribution in [0.1, 0.15) is 13.8 Å². The second kappa shape index (κ2) is 7.50. The number of hydrogen-bond donors (Lipinski definition) is 1. The Morgan fingerprint density at radius 2 is 1.85 bits per heavy atom. The van der Waals surface area contributed by atoms with Crippen LogP contribution < -0.4 is 5.73 Å². The van der Waals surface area contributed by atoms with Crippen molar-refractivity contribution in [3.05, 3.63) is 0 Å². The maximum Gasteiger partial charge on any atom is 0.137 e. The molecule has 80 valence electrons. The Hall–Kier alpha value is 0.0969. The van der Waals surface area contributed by atoms with Gasteiger partial charge in [0.2, 0.25) is 0 Å². The van der Waals surface area contributed by atoms with Crippen molar-refractivity contribution in [3.63, 3.8) is 0 Å². The lowest BCUT2D eigenvalue weighted by Crippen LogP contribution is -2.35. The van der Waals surface area contributed by atoms with E-state index in [-0.39, 0.29) is 5.91 Å². The van der Waals surface area contributed by atoms with Crippen LogP contribution in [0, 0.1) is 5.92 Å². The second-order valence-electron chi connectivity index (χ2n) is 3.58. The van der Waals surface area contributed by atoms with E-state index in [1.165, 1.54) is 12.1 Å². The summed E-state index contributed by atoms with van der Waals surface area (Å²) >= 11 is 0. The summed E-state index contributed by atoms with van der Waals surface area (Å²) < 4.78 is 10.6. The lowest BCUT2D eigenvalue weighted by Gasteiger charge is -2.24. The predicted molar refractivity (Wildman–Crippen MR) is 58.5 cm³/mol. The first-order valence-electron chi connectivity index (χ1n) is 4.95. The molecule has 0 aliphatic rings. The molecule has 0 saturated heterocycles. The molecule has 0 aromatic carbocycles. The third kappa shape index (κ3) is 4.76. The average molecular weight is 205 g/mol. The molecule has 3 nitrogen and oxygen atoms in total. The van der Waals surface area contributed by atoms with Gasteiger partial charge in [-0.05, 0) is 12.5 Å². The fourth-order valence-electron chi connectivity index (χ4n) is 1.56. The van der Waals surface area contributed by atoms with Crippen molar-refractivity contribution in [2.24, 2.45) is 11.7 Å². The number of rotatable bonds is 7. The minimum atomic E-state index is -0.928. The van der Waals surface area contributed by atoms with Gasteiger partial charge in [-0.3, -0.25) is 0 Å². The number of hydrogen-bond acceptors (Lipinski definition) is 3. The number of nitrogens with two attached hydrogens (primary N) is 1. The molecule has 0 radical (unpaired) electrons. The van der Waals surface area contributed by atoms with Gasteiger partial charge in [0, 0.05) is 14.2 Å². The highest BCUT2D eigenvalue weighted by Gasteiger charge is 2.22. The average Bonchev–Trinajstić information content (AvgIpc) is 2.17. The molecule has 0 aliphatic heterocycles. The van der Waals surface area contributed by atoms with Gasteiger partial charge in [-0.1, -0.05) is 25.9 Å². The Balaban J connectivity index is 3.98. The van der Waals surface area contributed by atoms with Crippen LogP contribution in [0.2, 0.25) is 12.1 Å². The Labute approximate surface area is 83.2 Å². The van der Waals surface area contributed by atoms with Crippen LogP contribution in [0.4, 0.5) is 0 Å². The van der Waals surface area contributed by atoms with Gasteiger partial charge in [-0.25, -0.2) is 0 Å². The summed E-state index contributed by atoms with van der Waals surface area (Å²) in [5.41, 5.74) is 5.60. The van der Waals surface area contributed by atoms with E-state index in [9.17, 15) is 0 Å². The molecule has 0 spiro atoms. The minimum absolute atomic E-state index is 0.0546.